The first kappa shape index (κ1) is 17.8. The summed E-state index contributed by atoms with van der Waals surface area (Å²) in [6, 6.07) is 12.4. The van der Waals surface area contributed by atoms with Crippen molar-refractivity contribution in [2.24, 2.45) is 0 Å². The standard InChI is InChI=1S/C17H19NO5S/c1-12(2)23-16-10-5-4-9-15(16)18-24(20,21)14-8-6-7-13(11-14)17(19)22-3/h4-12,18H,1-3H3. The average molecular weight is 349 g/mol. The van der Waals surface area contributed by atoms with Crippen LogP contribution in [-0.2, 0) is 14.8 Å². The molecule has 1 N–H and O–H groups in total. The number of ether oxygens (including phenoxy) is 2. The average Bonchev–Trinajstić information content (AvgIpc) is 2.55. The van der Waals surface area contributed by atoms with Gasteiger partial charge in [0.25, 0.3) is 10.0 Å². The molecule has 0 unspecified atom stereocenters. The summed E-state index contributed by atoms with van der Waals surface area (Å²) in [6.07, 6.45) is -0.0988. The van der Waals surface area contributed by atoms with E-state index in [2.05, 4.69) is 9.46 Å². The van der Waals surface area contributed by atoms with Crippen LogP contribution in [0.1, 0.15) is 24.2 Å². The number of esters is 1. The lowest BCUT2D eigenvalue weighted by Gasteiger charge is -2.15. The molecule has 6 nitrogen and oxygen atoms in total. The fourth-order valence-corrected chi connectivity index (χ4v) is 3.14. The second kappa shape index (κ2) is 7.35. The highest BCUT2D eigenvalue weighted by Gasteiger charge is 2.18. The minimum absolute atomic E-state index is 0.0373. The molecule has 0 heterocycles. The Labute approximate surface area is 141 Å². The van der Waals surface area contributed by atoms with Gasteiger partial charge in [0.2, 0.25) is 0 Å². The van der Waals surface area contributed by atoms with E-state index in [-0.39, 0.29) is 16.6 Å². The fraction of sp³-hybridized carbons (Fsp3) is 0.235. The van der Waals surface area contributed by atoms with E-state index in [1.807, 2.05) is 13.8 Å². The van der Waals surface area contributed by atoms with E-state index >= 15 is 0 Å². The Bertz CT molecular complexity index is 830. The van der Waals surface area contributed by atoms with Gasteiger partial charge in [-0.3, -0.25) is 4.72 Å². The monoisotopic (exact) mass is 349 g/mol. The summed E-state index contributed by atoms with van der Waals surface area (Å²) in [6.45, 7) is 3.70. The van der Waals surface area contributed by atoms with Crippen LogP contribution in [-0.4, -0.2) is 27.6 Å². The second-order valence-corrected chi connectivity index (χ2v) is 6.97. The molecular weight excluding hydrogens is 330 g/mol. The van der Waals surface area contributed by atoms with Crippen molar-refractivity contribution < 1.29 is 22.7 Å². The normalized spacial score (nSPS) is 11.2. The van der Waals surface area contributed by atoms with Gasteiger partial charge in [0.15, 0.2) is 0 Å². The van der Waals surface area contributed by atoms with Gasteiger partial charge < -0.3 is 9.47 Å². The maximum Gasteiger partial charge on any atom is 0.337 e. The van der Waals surface area contributed by atoms with Gasteiger partial charge >= 0.3 is 5.97 Å². The van der Waals surface area contributed by atoms with Gasteiger partial charge in [0, 0.05) is 0 Å². The largest absolute Gasteiger partial charge is 0.489 e. The molecule has 7 heteroatoms. The number of hydrogen-bond donors (Lipinski definition) is 1. The summed E-state index contributed by atoms with van der Waals surface area (Å²) in [5, 5.41) is 0. The SMILES string of the molecule is COC(=O)c1cccc(S(=O)(=O)Nc2ccccc2OC(C)C)c1. The molecule has 0 saturated heterocycles. The van der Waals surface area contributed by atoms with Crippen molar-refractivity contribution in [3.05, 3.63) is 54.1 Å². The van der Waals surface area contributed by atoms with Crippen LogP contribution < -0.4 is 9.46 Å². The minimum atomic E-state index is -3.87. The lowest BCUT2D eigenvalue weighted by atomic mass is 10.2. The number of carbonyl (C=O) groups excluding carboxylic acids is 1. The lowest BCUT2D eigenvalue weighted by Crippen LogP contribution is -2.16. The van der Waals surface area contributed by atoms with E-state index < -0.39 is 16.0 Å². The Kier molecular flexibility index (Phi) is 5.46. The van der Waals surface area contributed by atoms with Crippen LogP contribution in [0.5, 0.6) is 5.75 Å². The first-order valence-electron chi connectivity index (χ1n) is 7.30. The summed E-state index contributed by atoms with van der Waals surface area (Å²) < 4.78 is 37.9. The number of benzene rings is 2. The third kappa shape index (κ3) is 4.26. The maximum atomic E-state index is 12.6. The first-order valence-corrected chi connectivity index (χ1v) is 8.78. The number of sulfonamides is 1. The Hall–Kier alpha value is -2.54. The van der Waals surface area contributed by atoms with Crippen molar-refractivity contribution in [1.82, 2.24) is 0 Å². The zero-order valence-corrected chi connectivity index (χ0v) is 14.5. The third-order valence-corrected chi connectivity index (χ3v) is 4.42. The summed E-state index contributed by atoms with van der Waals surface area (Å²) in [7, 11) is -2.64. The number of hydrogen-bond acceptors (Lipinski definition) is 5. The molecule has 0 aliphatic rings. The van der Waals surface area contributed by atoms with Crippen LogP contribution in [0.15, 0.2) is 53.4 Å². The molecule has 0 atom stereocenters. The van der Waals surface area contributed by atoms with Crippen LogP contribution in [0.4, 0.5) is 5.69 Å². The van der Waals surface area contributed by atoms with Gasteiger partial charge in [-0.25, -0.2) is 13.2 Å². The van der Waals surface area contributed by atoms with Gasteiger partial charge in [-0.15, -0.1) is 0 Å². The predicted molar refractivity (Wildman–Crippen MR) is 90.8 cm³/mol. The van der Waals surface area contributed by atoms with Gasteiger partial charge in [-0.2, -0.15) is 0 Å². The zero-order chi connectivity index (χ0) is 17.7. The molecule has 0 aromatic heterocycles. The van der Waals surface area contributed by atoms with E-state index in [9.17, 15) is 13.2 Å². The highest BCUT2D eigenvalue weighted by atomic mass is 32.2. The van der Waals surface area contributed by atoms with Crippen LogP contribution in [0.3, 0.4) is 0 Å². The van der Waals surface area contributed by atoms with E-state index in [4.69, 9.17) is 4.74 Å². The molecular formula is C17H19NO5S. The number of methoxy groups -OCH3 is 1. The predicted octanol–water partition coefficient (Wildman–Crippen LogP) is 3.06. The van der Waals surface area contributed by atoms with Gasteiger partial charge in [-0.05, 0) is 44.2 Å². The van der Waals surface area contributed by atoms with E-state index in [1.54, 1.807) is 24.3 Å². The van der Waals surface area contributed by atoms with Crippen molar-refractivity contribution in [2.75, 3.05) is 11.8 Å². The molecule has 0 bridgehead atoms. The number of carbonyl (C=O) groups is 1. The van der Waals surface area contributed by atoms with Crippen LogP contribution in [0.25, 0.3) is 0 Å². The quantitative estimate of drug-likeness (QED) is 0.811. The summed E-state index contributed by atoms with van der Waals surface area (Å²) in [5.74, 6) is -0.171. The lowest BCUT2D eigenvalue weighted by molar-refractivity contribution is 0.0600. The fourth-order valence-electron chi connectivity index (χ4n) is 2.02. The Morgan fingerprint density at radius 3 is 2.46 bits per heavy atom. The maximum absolute atomic E-state index is 12.6. The summed E-state index contributed by atoms with van der Waals surface area (Å²) >= 11 is 0. The van der Waals surface area contributed by atoms with Crippen molar-refractivity contribution in [2.45, 2.75) is 24.8 Å². The van der Waals surface area contributed by atoms with Crippen molar-refractivity contribution in [3.63, 3.8) is 0 Å². The molecule has 2 rings (SSSR count). The highest BCUT2D eigenvalue weighted by Crippen LogP contribution is 2.27. The molecule has 2 aromatic carbocycles. The number of nitrogens with one attached hydrogen (secondary N) is 1. The van der Waals surface area contributed by atoms with Crippen molar-refractivity contribution in [1.29, 1.82) is 0 Å². The molecule has 0 spiro atoms. The number of rotatable bonds is 6. The van der Waals surface area contributed by atoms with Crippen LogP contribution in [0.2, 0.25) is 0 Å². The first-order chi connectivity index (χ1) is 11.3. The Morgan fingerprint density at radius 2 is 1.79 bits per heavy atom. The summed E-state index contributed by atoms with van der Waals surface area (Å²) in [4.78, 5) is 11.5. The highest BCUT2D eigenvalue weighted by molar-refractivity contribution is 7.92. The molecule has 0 saturated carbocycles. The minimum Gasteiger partial charge on any atom is -0.489 e. The van der Waals surface area contributed by atoms with E-state index in [1.165, 1.54) is 31.4 Å². The Balaban J connectivity index is 2.34. The van der Waals surface area contributed by atoms with Crippen LogP contribution >= 0.6 is 0 Å². The van der Waals surface area contributed by atoms with Crippen LogP contribution in [0, 0.1) is 0 Å². The Morgan fingerprint density at radius 1 is 1.08 bits per heavy atom. The van der Waals surface area contributed by atoms with Gasteiger partial charge in [0.1, 0.15) is 5.75 Å². The topological polar surface area (TPSA) is 81.7 Å². The molecule has 0 radical (unpaired) electrons. The second-order valence-electron chi connectivity index (χ2n) is 5.29. The third-order valence-electron chi connectivity index (χ3n) is 3.06. The van der Waals surface area contributed by atoms with Crippen molar-refractivity contribution in [3.8, 4) is 5.75 Å². The van der Waals surface area contributed by atoms with E-state index in [0.29, 0.717) is 11.4 Å². The number of anilines is 1. The summed E-state index contributed by atoms with van der Waals surface area (Å²) in [5.41, 5.74) is 0.488. The smallest absolute Gasteiger partial charge is 0.337 e. The van der Waals surface area contributed by atoms with E-state index in [0.717, 1.165) is 0 Å². The molecule has 0 fully saturated rings. The number of para-hydroxylation sites is 2. The van der Waals surface area contributed by atoms with Crippen molar-refractivity contribution >= 4 is 21.7 Å². The molecule has 2 aromatic rings. The molecule has 0 aliphatic carbocycles. The molecule has 0 amide bonds. The molecule has 128 valence electrons. The molecule has 24 heavy (non-hydrogen) atoms. The molecule has 0 aliphatic heterocycles. The van der Waals surface area contributed by atoms with Gasteiger partial charge in [-0.1, -0.05) is 18.2 Å². The zero-order valence-electron chi connectivity index (χ0n) is 13.6. The van der Waals surface area contributed by atoms with Gasteiger partial charge in [0.05, 0.1) is 29.4 Å².